The number of ether oxygens (including phenoxy) is 1. The second-order valence-corrected chi connectivity index (χ2v) is 8.40. The van der Waals surface area contributed by atoms with Gasteiger partial charge in [0.2, 0.25) is 0 Å². The van der Waals surface area contributed by atoms with E-state index < -0.39 is 0 Å². The summed E-state index contributed by atoms with van der Waals surface area (Å²) in [6, 6.07) is 6.11. The van der Waals surface area contributed by atoms with Crippen molar-refractivity contribution < 1.29 is 9.53 Å². The summed E-state index contributed by atoms with van der Waals surface area (Å²) in [4.78, 5) is 18.6. The van der Waals surface area contributed by atoms with Crippen LogP contribution in [-0.2, 0) is 9.53 Å². The zero-order chi connectivity index (χ0) is 20.8. The summed E-state index contributed by atoms with van der Waals surface area (Å²) in [6.07, 6.45) is 9.71. The van der Waals surface area contributed by atoms with Crippen LogP contribution < -0.4 is 5.32 Å². The maximum absolute atomic E-state index is 11.8. The third-order valence-corrected chi connectivity index (χ3v) is 5.60. The maximum atomic E-state index is 11.8. The number of nitrogens with one attached hydrogen (secondary N) is 1. The number of pyridine rings is 1. The summed E-state index contributed by atoms with van der Waals surface area (Å²) in [6.45, 7) is 3.30. The molecule has 1 heterocycles. The fourth-order valence-electron chi connectivity index (χ4n) is 4.03. The van der Waals surface area contributed by atoms with Gasteiger partial charge in [0.05, 0.1) is 17.8 Å². The molecule has 0 unspecified atom stereocenters. The number of fused-ring (bicyclic) bond motifs is 1. The monoisotopic (exact) mass is 415 g/mol. The van der Waals surface area contributed by atoms with Gasteiger partial charge >= 0.3 is 5.97 Å². The molecule has 0 atom stereocenters. The third-order valence-electron chi connectivity index (χ3n) is 5.36. The van der Waals surface area contributed by atoms with Crippen LogP contribution in [0.4, 0.5) is 5.69 Å². The largest absolute Gasteiger partial charge is 0.463 e. The van der Waals surface area contributed by atoms with E-state index in [1.54, 1.807) is 19.2 Å². The molecule has 1 saturated carbocycles. The Morgan fingerprint density at radius 2 is 2.07 bits per heavy atom. The maximum Gasteiger partial charge on any atom is 0.330 e. The van der Waals surface area contributed by atoms with Gasteiger partial charge in [-0.2, -0.15) is 0 Å². The van der Waals surface area contributed by atoms with E-state index in [1.807, 2.05) is 18.2 Å². The van der Waals surface area contributed by atoms with Crippen molar-refractivity contribution in [3.05, 3.63) is 41.1 Å². The van der Waals surface area contributed by atoms with Crippen LogP contribution in [-0.4, -0.2) is 49.1 Å². The van der Waals surface area contributed by atoms with Gasteiger partial charge in [-0.15, -0.1) is 0 Å². The van der Waals surface area contributed by atoms with E-state index in [0.717, 1.165) is 47.5 Å². The second-order valence-electron chi connectivity index (χ2n) is 7.96. The lowest BCUT2D eigenvalue weighted by atomic mass is 9.85. The van der Waals surface area contributed by atoms with Crippen LogP contribution in [0.15, 0.2) is 30.5 Å². The van der Waals surface area contributed by atoms with Crippen LogP contribution in [0.1, 0.15) is 38.2 Å². The highest BCUT2D eigenvalue weighted by Gasteiger charge is 2.22. The molecule has 6 heteroatoms. The fourth-order valence-corrected chi connectivity index (χ4v) is 4.20. The highest BCUT2D eigenvalue weighted by Crippen LogP contribution is 2.33. The lowest BCUT2D eigenvalue weighted by molar-refractivity contribution is -0.137. The molecular weight excluding hydrogens is 386 g/mol. The van der Waals surface area contributed by atoms with E-state index >= 15 is 0 Å². The Balaban J connectivity index is 1.85. The van der Waals surface area contributed by atoms with Crippen molar-refractivity contribution in [1.82, 2.24) is 9.88 Å². The number of aromatic nitrogens is 1. The van der Waals surface area contributed by atoms with Gasteiger partial charge in [-0.3, -0.25) is 4.98 Å². The molecule has 2 aromatic rings. The molecule has 1 aromatic heterocycles. The zero-order valence-corrected chi connectivity index (χ0v) is 18.2. The molecule has 1 aliphatic rings. The molecule has 0 bridgehead atoms. The lowest BCUT2D eigenvalue weighted by Crippen LogP contribution is -2.31. The normalized spacial score (nSPS) is 19.8. The Kier molecular flexibility index (Phi) is 7.51. The highest BCUT2D eigenvalue weighted by atomic mass is 35.5. The van der Waals surface area contributed by atoms with Crippen LogP contribution in [0.5, 0.6) is 0 Å². The number of halogens is 1. The van der Waals surface area contributed by atoms with Crippen LogP contribution in [0.2, 0.25) is 5.02 Å². The first-order valence-corrected chi connectivity index (χ1v) is 10.7. The molecular formula is C23H30ClN3O2. The first-order chi connectivity index (χ1) is 14.0. The molecule has 0 spiro atoms. The molecule has 1 aliphatic carbocycles. The zero-order valence-electron chi connectivity index (χ0n) is 17.5. The van der Waals surface area contributed by atoms with Gasteiger partial charge in [-0.05, 0) is 76.9 Å². The number of esters is 1. The second kappa shape index (κ2) is 10.1. The van der Waals surface area contributed by atoms with Crippen molar-refractivity contribution in [2.75, 3.05) is 32.6 Å². The Labute approximate surface area is 178 Å². The molecule has 3 rings (SSSR count). The number of carbonyl (C=O) groups is 1. The highest BCUT2D eigenvalue weighted by molar-refractivity contribution is 6.31. The Morgan fingerprint density at radius 1 is 1.31 bits per heavy atom. The molecule has 1 fully saturated rings. The predicted molar refractivity (Wildman–Crippen MR) is 120 cm³/mol. The molecule has 156 valence electrons. The van der Waals surface area contributed by atoms with Crippen molar-refractivity contribution in [3.63, 3.8) is 0 Å². The van der Waals surface area contributed by atoms with Gasteiger partial charge in [-0.25, -0.2) is 4.79 Å². The van der Waals surface area contributed by atoms with E-state index in [9.17, 15) is 4.79 Å². The third kappa shape index (κ3) is 5.94. The average Bonchev–Trinajstić information content (AvgIpc) is 2.68. The number of hydrogen-bond acceptors (Lipinski definition) is 5. The minimum Gasteiger partial charge on any atom is -0.463 e. The Bertz CT molecular complexity index is 874. The first kappa shape index (κ1) is 21.6. The van der Waals surface area contributed by atoms with Crippen LogP contribution >= 0.6 is 11.6 Å². The minimum atomic E-state index is -0.353. The van der Waals surface area contributed by atoms with Crippen LogP contribution in [0.3, 0.4) is 0 Å². The van der Waals surface area contributed by atoms with Gasteiger partial charge in [-0.1, -0.05) is 11.6 Å². The summed E-state index contributed by atoms with van der Waals surface area (Å²) < 4.78 is 5.01. The van der Waals surface area contributed by atoms with E-state index in [0.29, 0.717) is 17.7 Å². The summed E-state index contributed by atoms with van der Waals surface area (Å²) in [5, 5.41) is 5.37. The molecule has 0 amide bonds. The van der Waals surface area contributed by atoms with Gasteiger partial charge in [0.15, 0.2) is 0 Å². The summed E-state index contributed by atoms with van der Waals surface area (Å²) in [7, 11) is 4.28. The molecule has 1 N–H and O–H groups in total. The van der Waals surface area contributed by atoms with Gasteiger partial charge in [0.25, 0.3) is 0 Å². The smallest absolute Gasteiger partial charge is 0.330 e. The van der Waals surface area contributed by atoms with Gasteiger partial charge < -0.3 is 15.0 Å². The predicted octanol–water partition coefficient (Wildman–Crippen LogP) is 5.00. The van der Waals surface area contributed by atoms with Crippen molar-refractivity contribution in [3.8, 4) is 0 Å². The van der Waals surface area contributed by atoms with E-state index in [-0.39, 0.29) is 5.97 Å². The lowest BCUT2D eigenvalue weighted by Gasteiger charge is -2.32. The molecule has 1 aromatic carbocycles. The average molecular weight is 416 g/mol. The van der Waals surface area contributed by atoms with E-state index in [1.165, 1.54) is 18.9 Å². The number of nitrogens with zero attached hydrogens (tertiary/aromatic N) is 2. The Hall–Kier alpha value is -2.11. The van der Waals surface area contributed by atoms with Crippen molar-refractivity contribution in [2.24, 2.45) is 5.92 Å². The molecule has 29 heavy (non-hydrogen) atoms. The van der Waals surface area contributed by atoms with Crippen molar-refractivity contribution in [2.45, 2.75) is 38.6 Å². The van der Waals surface area contributed by atoms with E-state index in [4.69, 9.17) is 16.3 Å². The summed E-state index contributed by atoms with van der Waals surface area (Å²) in [5.41, 5.74) is 2.73. The first-order valence-electron chi connectivity index (χ1n) is 10.3. The van der Waals surface area contributed by atoms with Gasteiger partial charge in [0, 0.05) is 40.8 Å². The summed E-state index contributed by atoms with van der Waals surface area (Å²) in [5.74, 6) is 0.406. The molecule has 0 aliphatic heterocycles. The number of carbonyl (C=O) groups excluding carboxylic acids is 1. The molecule has 0 saturated heterocycles. The molecule has 0 radical (unpaired) electrons. The molecule has 5 nitrogen and oxygen atoms in total. The Morgan fingerprint density at radius 3 is 2.76 bits per heavy atom. The number of rotatable bonds is 7. The van der Waals surface area contributed by atoms with Crippen molar-refractivity contribution >= 4 is 40.2 Å². The number of hydrogen-bond donors (Lipinski definition) is 1. The van der Waals surface area contributed by atoms with Gasteiger partial charge in [0.1, 0.15) is 0 Å². The fraction of sp³-hybridized carbons (Fsp3) is 0.478. The SMILES string of the molecule is CCOC(=O)/C=C/c1cnc2ccc(Cl)cc2c1N[C@H]1CC[C@H](CN(C)C)CC1. The topological polar surface area (TPSA) is 54.5 Å². The standard InChI is InChI=1S/C23H30ClN3O2/c1-4-29-22(28)12-7-17-14-25-21-11-8-18(24)13-20(21)23(17)26-19-9-5-16(6-10-19)15-27(2)3/h7-8,11-14,16,19H,4-6,9-10,15H2,1-3H3,(H,25,26)/b12-7+/t16-,19-. The van der Waals surface area contributed by atoms with Crippen LogP contribution in [0.25, 0.3) is 17.0 Å². The quantitative estimate of drug-likeness (QED) is 0.509. The summed E-state index contributed by atoms with van der Waals surface area (Å²) >= 11 is 6.27. The number of benzene rings is 1. The number of anilines is 1. The minimum absolute atomic E-state index is 0.353. The van der Waals surface area contributed by atoms with Crippen molar-refractivity contribution in [1.29, 1.82) is 0 Å². The van der Waals surface area contributed by atoms with E-state index in [2.05, 4.69) is 29.3 Å². The van der Waals surface area contributed by atoms with Crippen LogP contribution in [0, 0.1) is 5.92 Å².